The van der Waals surface area contributed by atoms with Gasteiger partial charge in [0.1, 0.15) is 23.6 Å². The van der Waals surface area contributed by atoms with E-state index in [-0.39, 0.29) is 57.1 Å². The number of para-hydroxylation sites is 1. The minimum atomic E-state index is -4.67. The Morgan fingerprint density at radius 3 is 2.43 bits per heavy atom. The van der Waals surface area contributed by atoms with E-state index in [4.69, 9.17) is 9.84 Å². The van der Waals surface area contributed by atoms with Crippen LogP contribution in [0, 0.1) is 5.82 Å². The molecule has 4 rings (SSSR count). The molecule has 4 aromatic rings. The van der Waals surface area contributed by atoms with Crippen molar-refractivity contribution in [3.05, 3.63) is 78.4 Å². The van der Waals surface area contributed by atoms with Gasteiger partial charge in [-0.2, -0.15) is 13.2 Å². The lowest BCUT2D eigenvalue weighted by Gasteiger charge is -2.13. The van der Waals surface area contributed by atoms with Crippen LogP contribution in [0.15, 0.2) is 71.9 Å². The lowest BCUT2D eigenvalue weighted by Crippen LogP contribution is -2.08. The molecule has 0 aliphatic heterocycles. The fourth-order valence-corrected chi connectivity index (χ4v) is 5.02. The minimum absolute atomic E-state index is 0.0113. The van der Waals surface area contributed by atoms with E-state index in [0.717, 1.165) is 18.5 Å². The predicted octanol–water partition coefficient (Wildman–Crippen LogP) is 5.89. The number of aromatic nitrogens is 2. The van der Waals surface area contributed by atoms with Gasteiger partial charge < -0.3 is 9.84 Å². The van der Waals surface area contributed by atoms with Gasteiger partial charge >= 0.3 is 12.1 Å². The number of aliphatic carboxylic acids is 1. The SMILES string of the molecule is O=C(O)CCCS(=O)(=O)c1cccc(Oc2ccc(F)c(-c3ncnc4c(C(F)(F)F)cccc34)c2)c1. The third-order valence-corrected chi connectivity index (χ3v) is 7.17. The summed E-state index contributed by atoms with van der Waals surface area (Å²) in [5.41, 5.74) is -1.58. The fraction of sp³-hybridized carbons (Fsp3) is 0.160. The second kappa shape index (κ2) is 10.1. The number of benzene rings is 3. The van der Waals surface area contributed by atoms with Crippen LogP contribution in [0.2, 0.25) is 0 Å². The van der Waals surface area contributed by atoms with Crippen LogP contribution in [0.25, 0.3) is 22.2 Å². The zero-order chi connectivity index (χ0) is 26.8. The van der Waals surface area contributed by atoms with Gasteiger partial charge in [0.15, 0.2) is 9.84 Å². The quantitative estimate of drug-likeness (QED) is 0.281. The summed E-state index contributed by atoms with van der Waals surface area (Å²) in [6.07, 6.45) is -4.12. The lowest BCUT2D eigenvalue weighted by atomic mass is 10.0. The lowest BCUT2D eigenvalue weighted by molar-refractivity contribution is -0.137. The molecule has 0 radical (unpaired) electrons. The summed E-state index contributed by atoms with van der Waals surface area (Å²) in [6, 6.07) is 12.5. The number of ether oxygens (including phenoxy) is 1. The second-order valence-electron chi connectivity index (χ2n) is 7.96. The standard InChI is InChI=1S/C25H18F4N2O5S/c26-21-10-9-16(36-15-4-1-5-17(12-15)37(34,35)11-3-8-22(32)33)13-19(21)23-18-6-2-7-20(25(27,28)29)24(18)31-14-30-23/h1-2,4-7,9-10,12-14H,3,8,11H2,(H,32,33). The van der Waals surface area contributed by atoms with Crippen molar-refractivity contribution < 1.29 is 40.6 Å². The molecule has 1 heterocycles. The first kappa shape index (κ1) is 26.0. The van der Waals surface area contributed by atoms with Gasteiger partial charge in [0.2, 0.25) is 0 Å². The van der Waals surface area contributed by atoms with E-state index < -0.39 is 33.4 Å². The predicted molar refractivity (Wildman–Crippen MR) is 125 cm³/mol. The first-order valence-electron chi connectivity index (χ1n) is 10.8. The summed E-state index contributed by atoms with van der Waals surface area (Å²) < 4.78 is 85.9. The largest absolute Gasteiger partial charge is 0.481 e. The smallest absolute Gasteiger partial charge is 0.418 e. The average Bonchev–Trinajstić information content (AvgIpc) is 2.84. The Hall–Kier alpha value is -4.06. The molecule has 0 saturated heterocycles. The molecule has 0 unspecified atom stereocenters. The molecule has 0 saturated carbocycles. The van der Waals surface area contributed by atoms with Gasteiger partial charge in [-0.25, -0.2) is 22.8 Å². The van der Waals surface area contributed by atoms with Crippen LogP contribution in [-0.4, -0.2) is 35.2 Å². The van der Waals surface area contributed by atoms with Crippen LogP contribution in [-0.2, 0) is 20.8 Å². The third-order valence-electron chi connectivity index (χ3n) is 5.37. The molecule has 0 bridgehead atoms. The van der Waals surface area contributed by atoms with E-state index >= 15 is 0 Å². The Morgan fingerprint density at radius 2 is 1.70 bits per heavy atom. The highest BCUT2D eigenvalue weighted by Crippen LogP contribution is 2.37. The van der Waals surface area contributed by atoms with Crippen molar-refractivity contribution in [3.63, 3.8) is 0 Å². The molecule has 37 heavy (non-hydrogen) atoms. The Kier molecular flexibility index (Phi) is 7.12. The van der Waals surface area contributed by atoms with Crippen LogP contribution >= 0.6 is 0 Å². The minimum Gasteiger partial charge on any atom is -0.481 e. The molecule has 0 spiro atoms. The highest BCUT2D eigenvalue weighted by atomic mass is 32.2. The van der Waals surface area contributed by atoms with Crippen LogP contribution in [0.3, 0.4) is 0 Å². The van der Waals surface area contributed by atoms with Gasteiger partial charge in [-0.1, -0.05) is 18.2 Å². The number of alkyl halides is 3. The van der Waals surface area contributed by atoms with Gasteiger partial charge in [0, 0.05) is 17.4 Å². The second-order valence-corrected chi connectivity index (χ2v) is 10.1. The maximum atomic E-state index is 14.8. The molecule has 1 aromatic heterocycles. The van der Waals surface area contributed by atoms with E-state index in [1.165, 1.54) is 48.5 Å². The van der Waals surface area contributed by atoms with Gasteiger partial charge in [-0.15, -0.1) is 0 Å². The number of carbonyl (C=O) groups is 1. The van der Waals surface area contributed by atoms with Crippen LogP contribution in [0.5, 0.6) is 11.5 Å². The molecule has 1 N–H and O–H groups in total. The fourth-order valence-electron chi connectivity index (χ4n) is 3.68. The molecule has 3 aromatic carbocycles. The molecular weight excluding hydrogens is 516 g/mol. The molecular formula is C25H18F4N2O5S. The summed E-state index contributed by atoms with van der Waals surface area (Å²) in [5, 5.41) is 8.71. The Balaban J connectivity index is 1.67. The molecule has 0 aliphatic rings. The van der Waals surface area contributed by atoms with E-state index in [2.05, 4.69) is 9.97 Å². The van der Waals surface area contributed by atoms with Gasteiger partial charge in [-0.3, -0.25) is 4.79 Å². The van der Waals surface area contributed by atoms with Crippen LogP contribution < -0.4 is 4.74 Å². The number of hydrogen-bond acceptors (Lipinski definition) is 6. The molecule has 0 amide bonds. The number of rotatable bonds is 8. The number of nitrogens with zero attached hydrogens (tertiary/aromatic N) is 2. The maximum Gasteiger partial charge on any atom is 0.418 e. The summed E-state index contributed by atoms with van der Waals surface area (Å²) in [4.78, 5) is 18.3. The van der Waals surface area contributed by atoms with Crippen molar-refractivity contribution in [2.24, 2.45) is 0 Å². The van der Waals surface area contributed by atoms with E-state index in [1.807, 2.05) is 0 Å². The first-order chi connectivity index (χ1) is 17.5. The number of fused-ring (bicyclic) bond motifs is 1. The van der Waals surface area contributed by atoms with Crippen molar-refractivity contribution in [1.29, 1.82) is 0 Å². The monoisotopic (exact) mass is 534 g/mol. The maximum absolute atomic E-state index is 14.8. The number of carboxylic acid groups (broad SMARTS) is 1. The number of hydrogen-bond donors (Lipinski definition) is 1. The zero-order valence-electron chi connectivity index (χ0n) is 18.9. The Bertz CT molecular complexity index is 1590. The normalized spacial score (nSPS) is 12.0. The molecule has 0 atom stereocenters. The van der Waals surface area contributed by atoms with Crippen molar-refractivity contribution in [3.8, 4) is 22.8 Å². The molecule has 0 fully saturated rings. The van der Waals surface area contributed by atoms with Crippen LogP contribution in [0.4, 0.5) is 17.6 Å². The number of carboxylic acids is 1. The van der Waals surface area contributed by atoms with Crippen molar-refractivity contribution in [2.75, 3.05) is 5.75 Å². The third kappa shape index (κ3) is 5.85. The Labute approximate surface area is 208 Å². The van der Waals surface area contributed by atoms with Crippen molar-refractivity contribution in [1.82, 2.24) is 9.97 Å². The topological polar surface area (TPSA) is 106 Å². The molecule has 192 valence electrons. The summed E-state index contributed by atoms with van der Waals surface area (Å²) in [5.74, 6) is -2.06. The Morgan fingerprint density at radius 1 is 0.973 bits per heavy atom. The zero-order valence-corrected chi connectivity index (χ0v) is 19.7. The highest BCUT2D eigenvalue weighted by molar-refractivity contribution is 7.91. The summed E-state index contributed by atoms with van der Waals surface area (Å²) in [6.45, 7) is 0. The van der Waals surface area contributed by atoms with E-state index in [9.17, 15) is 30.8 Å². The number of sulfone groups is 1. The van der Waals surface area contributed by atoms with Gasteiger partial charge in [0.05, 0.1) is 27.4 Å². The van der Waals surface area contributed by atoms with Crippen molar-refractivity contribution in [2.45, 2.75) is 23.9 Å². The highest BCUT2D eigenvalue weighted by Gasteiger charge is 2.33. The molecule has 0 aliphatic carbocycles. The average molecular weight is 534 g/mol. The first-order valence-corrected chi connectivity index (χ1v) is 12.4. The van der Waals surface area contributed by atoms with E-state index in [0.29, 0.717) is 0 Å². The van der Waals surface area contributed by atoms with Crippen LogP contribution in [0.1, 0.15) is 18.4 Å². The molecule has 7 nitrogen and oxygen atoms in total. The summed E-state index contributed by atoms with van der Waals surface area (Å²) >= 11 is 0. The van der Waals surface area contributed by atoms with E-state index in [1.54, 1.807) is 0 Å². The number of halogens is 4. The van der Waals surface area contributed by atoms with Crippen molar-refractivity contribution >= 4 is 26.7 Å². The van der Waals surface area contributed by atoms with Gasteiger partial charge in [-0.05, 0) is 48.9 Å². The van der Waals surface area contributed by atoms with Gasteiger partial charge in [0.25, 0.3) is 0 Å². The summed E-state index contributed by atoms with van der Waals surface area (Å²) in [7, 11) is -3.78. The molecule has 12 heteroatoms.